The third-order valence-electron chi connectivity index (χ3n) is 2.19. The number of nitrogen functional groups attached to an aromatic ring is 1. The normalized spacial score (nSPS) is 9.80. The number of nitro groups is 1. The maximum absolute atomic E-state index is 10.9. The monoisotopic (exact) mass is 291 g/mol. The second-order valence-electron chi connectivity index (χ2n) is 3.54. The number of halogens is 1. The van der Waals surface area contributed by atoms with E-state index in [9.17, 15) is 10.1 Å². The molecule has 8 nitrogen and oxygen atoms in total. The lowest BCUT2D eigenvalue weighted by molar-refractivity contribution is -0.385. The highest BCUT2D eigenvalue weighted by Crippen LogP contribution is 2.32. The van der Waals surface area contributed by atoms with E-state index in [-0.39, 0.29) is 34.0 Å². The molecule has 100 valence electrons. The molecule has 9 heteroatoms. The van der Waals surface area contributed by atoms with Gasteiger partial charge in [0.15, 0.2) is 0 Å². The predicted octanol–water partition coefficient (Wildman–Crippen LogP) is 2.28. The van der Waals surface area contributed by atoms with E-state index in [1.807, 2.05) is 0 Å². The molecule has 1 heterocycles. The van der Waals surface area contributed by atoms with E-state index in [0.29, 0.717) is 0 Å². The van der Waals surface area contributed by atoms with Gasteiger partial charge in [0.05, 0.1) is 16.6 Å². The van der Waals surface area contributed by atoms with Crippen LogP contribution in [0, 0.1) is 21.4 Å². The van der Waals surface area contributed by atoms with Crippen molar-refractivity contribution in [3.05, 3.63) is 45.1 Å². The topological polar surface area (TPSA) is 128 Å². The molecule has 0 bridgehead atoms. The molecule has 0 fully saturated rings. The van der Waals surface area contributed by atoms with Crippen LogP contribution in [0.3, 0.4) is 0 Å². The zero-order chi connectivity index (χ0) is 14.7. The van der Waals surface area contributed by atoms with Crippen LogP contribution in [0.4, 0.5) is 11.6 Å². The molecule has 20 heavy (non-hydrogen) atoms. The molecule has 1 aromatic heterocycles. The van der Waals surface area contributed by atoms with Crippen molar-refractivity contribution in [2.75, 3.05) is 5.73 Å². The zero-order valence-corrected chi connectivity index (χ0v) is 10.5. The van der Waals surface area contributed by atoms with Gasteiger partial charge >= 0.3 is 5.69 Å². The largest absolute Gasteiger partial charge is 0.432 e. The summed E-state index contributed by atoms with van der Waals surface area (Å²) in [7, 11) is 0. The standard InChI is InChI=1S/C11H6ClN5O3/c12-9-4-10(16-11(14)15-9)20-8-2-1-6(5-13)3-7(8)17(18)19/h1-4H,(H2,14,15,16). The third-order valence-corrected chi connectivity index (χ3v) is 2.38. The number of nitrogens with two attached hydrogens (primary N) is 1. The van der Waals surface area contributed by atoms with Crippen LogP contribution >= 0.6 is 11.6 Å². The SMILES string of the molecule is N#Cc1ccc(Oc2cc(Cl)nc(N)n2)c([N+](=O)[O-])c1. The van der Waals surface area contributed by atoms with E-state index >= 15 is 0 Å². The fraction of sp³-hybridized carbons (Fsp3) is 0. The Bertz CT molecular complexity index is 708. The highest BCUT2D eigenvalue weighted by molar-refractivity contribution is 6.29. The number of nitrogens with zero attached hydrogens (tertiary/aromatic N) is 4. The molecule has 0 saturated carbocycles. The molecule has 0 aliphatic carbocycles. The highest BCUT2D eigenvalue weighted by Gasteiger charge is 2.17. The van der Waals surface area contributed by atoms with Crippen molar-refractivity contribution < 1.29 is 9.66 Å². The molecule has 1 aromatic carbocycles. The van der Waals surface area contributed by atoms with Crippen molar-refractivity contribution in [1.82, 2.24) is 9.97 Å². The van der Waals surface area contributed by atoms with Gasteiger partial charge in [0.1, 0.15) is 5.15 Å². The minimum Gasteiger partial charge on any atom is -0.432 e. The summed E-state index contributed by atoms with van der Waals surface area (Å²) in [6, 6.07) is 6.85. The fourth-order valence-electron chi connectivity index (χ4n) is 1.39. The summed E-state index contributed by atoms with van der Waals surface area (Å²) in [5, 5.41) is 19.7. The Balaban J connectivity index is 2.43. The van der Waals surface area contributed by atoms with Crippen LogP contribution in [0.15, 0.2) is 24.3 Å². The number of ether oxygens (including phenoxy) is 1. The quantitative estimate of drug-likeness (QED) is 0.521. The first-order valence-corrected chi connectivity index (χ1v) is 5.54. The predicted molar refractivity (Wildman–Crippen MR) is 69.3 cm³/mol. The van der Waals surface area contributed by atoms with E-state index < -0.39 is 4.92 Å². The Morgan fingerprint density at radius 3 is 2.75 bits per heavy atom. The van der Waals surface area contributed by atoms with E-state index in [0.717, 1.165) is 6.07 Å². The van der Waals surface area contributed by atoms with E-state index in [2.05, 4.69) is 9.97 Å². The van der Waals surface area contributed by atoms with Crippen molar-refractivity contribution in [3.8, 4) is 17.7 Å². The lowest BCUT2D eigenvalue weighted by Gasteiger charge is -2.06. The van der Waals surface area contributed by atoms with Crippen molar-refractivity contribution in [2.24, 2.45) is 0 Å². The van der Waals surface area contributed by atoms with E-state index in [1.54, 1.807) is 6.07 Å². The second-order valence-corrected chi connectivity index (χ2v) is 3.93. The van der Waals surface area contributed by atoms with Crippen molar-refractivity contribution in [3.63, 3.8) is 0 Å². The summed E-state index contributed by atoms with van der Waals surface area (Å²) < 4.78 is 5.27. The summed E-state index contributed by atoms with van der Waals surface area (Å²) in [6.45, 7) is 0. The van der Waals surface area contributed by atoms with Crippen LogP contribution in [0.2, 0.25) is 5.15 Å². The van der Waals surface area contributed by atoms with Gasteiger partial charge in [-0.3, -0.25) is 10.1 Å². The first kappa shape index (κ1) is 13.5. The Kier molecular flexibility index (Phi) is 3.63. The van der Waals surface area contributed by atoms with Gasteiger partial charge in [-0.1, -0.05) is 11.6 Å². The molecule has 0 atom stereocenters. The van der Waals surface area contributed by atoms with Crippen LogP contribution in [-0.4, -0.2) is 14.9 Å². The Labute approximate surface area is 117 Å². The van der Waals surface area contributed by atoms with Gasteiger partial charge in [0.2, 0.25) is 17.6 Å². The number of anilines is 1. The molecule has 0 amide bonds. The summed E-state index contributed by atoms with van der Waals surface area (Å²) in [5.41, 5.74) is 5.17. The molecule has 0 unspecified atom stereocenters. The molecule has 2 aromatic rings. The van der Waals surface area contributed by atoms with Crippen molar-refractivity contribution in [2.45, 2.75) is 0 Å². The lowest BCUT2D eigenvalue weighted by atomic mass is 10.2. The molecule has 0 aliphatic heterocycles. The lowest BCUT2D eigenvalue weighted by Crippen LogP contribution is -1.99. The smallest absolute Gasteiger partial charge is 0.312 e. The second kappa shape index (κ2) is 5.38. The van der Waals surface area contributed by atoms with Crippen LogP contribution in [0.25, 0.3) is 0 Å². The summed E-state index contributed by atoms with van der Waals surface area (Å²) >= 11 is 5.68. The minimum absolute atomic E-state index is 0.0321. The number of aromatic nitrogens is 2. The molecule has 0 radical (unpaired) electrons. The van der Waals surface area contributed by atoms with Gasteiger partial charge in [-0.25, -0.2) is 4.98 Å². The maximum Gasteiger partial charge on any atom is 0.312 e. The average Bonchev–Trinajstić information content (AvgIpc) is 2.37. The Hall–Kier alpha value is -2.92. The third kappa shape index (κ3) is 2.90. The molecule has 0 saturated heterocycles. The van der Waals surface area contributed by atoms with Gasteiger partial charge in [0.25, 0.3) is 0 Å². The van der Waals surface area contributed by atoms with Crippen LogP contribution in [0.5, 0.6) is 11.6 Å². The van der Waals surface area contributed by atoms with E-state index in [4.69, 9.17) is 27.3 Å². The first-order valence-electron chi connectivity index (χ1n) is 5.16. The average molecular weight is 292 g/mol. The van der Waals surface area contributed by atoms with Gasteiger partial charge in [0, 0.05) is 12.1 Å². The van der Waals surface area contributed by atoms with Gasteiger partial charge in [-0.05, 0) is 12.1 Å². The van der Waals surface area contributed by atoms with Crippen LogP contribution < -0.4 is 10.5 Å². The number of hydrogen-bond donors (Lipinski definition) is 1. The summed E-state index contributed by atoms with van der Waals surface area (Å²) in [4.78, 5) is 17.7. The summed E-state index contributed by atoms with van der Waals surface area (Å²) in [6.07, 6.45) is 0. The Morgan fingerprint density at radius 1 is 1.40 bits per heavy atom. The maximum atomic E-state index is 10.9. The van der Waals surface area contributed by atoms with Gasteiger partial charge < -0.3 is 10.5 Å². The van der Waals surface area contributed by atoms with Crippen molar-refractivity contribution in [1.29, 1.82) is 5.26 Å². The molecular formula is C11H6ClN5O3. The Morgan fingerprint density at radius 2 is 2.15 bits per heavy atom. The zero-order valence-electron chi connectivity index (χ0n) is 9.78. The number of rotatable bonds is 3. The fourth-order valence-corrected chi connectivity index (χ4v) is 1.57. The number of nitriles is 1. The van der Waals surface area contributed by atoms with Crippen LogP contribution in [-0.2, 0) is 0 Å². The summed E-state index contributed by atoms with van der Waals surface area (Å²) in [5.74, 6) is -0.234. The highest BCUT2D eigenvalue weighted by atomic mass is 35.5. The molecule has 0 spiro atoms. The number of benzene rings is 1. The number of nitro benzene ring substituents is 1. The molecular weight excluding hydrogens is 286 g/mol. The van der Waals surface area contributed by atoms with Gasteiger partial charge in [-0.2, -0.15) is 10.2 Å². The first-order chi connectivity index (χ1) is 9.49. The van der Waals surface area contributed by atoms with E-state index in [1.165, 1.54) is 18.2 Å². The molecule has 2 N–H and O–H groups in total. The molecule has 2 rings (SSSR count). The minimum atomic E-state index is -0.664. The number of hydrogen-bond acceptors (Lipinski definition) is 7. The van der Waals surface area contributed by atoms with Crippen molar-refractivity contribution >= 4 is 23.2 Å². The molecule has 0 aliphatic rings. The van der Waals surface area contributed by atoms with Gasteiger partial charge in [-0.15, -0.1) is 0 Å². The van der Waals surface area contributed by atoms with Crippen LogP contribution in [0.1, 0.15) is 5.56 Å².